The van der Waals surface area contributed by atoms with E-state index in [1.807, 2.05) is 80.6 Å². The van der Waals surface area contributed by atoms with Crippen LogP contribution in [0.3, 0.4) is 0 Å². The van der Waals surface area contributed by atoms with Crippen molar-refractivity contribution in [3.05, 3.63) is 105 Å². The molecule has 1 aromatic heterocycles. The molecule has 0 amide bonds. The summed E-state index contributed by atoms with van der Waals surface area (Å²) in [7, 11) is 0. The Balaban J connectivity index is 0.00000361. The first-order valence-electron chi connectivity index (χ1n) is 11.9. The highest BCUT2D eigenvalue weighted by molar-refractivity contribution is 6.30. The lowest BCUT2D eigenvalue weighted by molar-refractivity contribution is -0.694. The fourth-order valence-corrected chi connectivity index (χ4v) is 4.23. The minimum Gasteiger partial charge on any atom is -1.00 e. The molecule has 36 heavy (non-hydrogen) atoms. The number of halogens is 2. The fourth-order valence-electron chi connectivity index (χ4n) is 4.10. The van der Waals surface area contributed by atoms with Gasteiger partial charge in [0.2, 0.25) is 0 Å². The van der Waals surface area contributed by atoms with Crippen molar-refractivity contribution in [3.63, 3.8) is 0 Å². The van der Waals surface area contributed by atoms with Crippen LogP contribution in [0.1, 0.15) is 36.1 Å². The van der Waals surface area contributed by atoms with Crippen LogP contribution in [-0.4, -0.2) is 27.2 Å². The molecule has 2 atom stereocenters. The van der Waals surface area contributed by atoms with Gasteiger partial charge in [-0.15, -0.1) is 0 Å². The van der Waals surface area contributed by atoms with Gasteiger partial charge in [0.1, 0.15) is 24.5 Å². The monoisotopic (exact) mass is 527 g/mol. The molecule has 0 aliphatic heterocycles. The number of aromatic nitrogens is 2. The molecule has 0 saturated carbocycles. The second kappa shape index (κ2) is 12.9. The number of nitrogens with zero attached hydrogens (tertiary/aromatic N) is 2. The number of aryl methyl sites for hydroxylation is 2. The van der Waals surface area contributed by atoms with Crippen molar-refractivity contribution in [2.75, 3.05) is 6.54 Å². The quantitative estimate of drug-likeness (QED) is 0.302. The lowest BCUT2D eigenvalue weighted by Crippen LogP contribution is -3.00. The Kier molecular flexibility index (Phi) is 9.90. The van der Waals surface area contributed by atoms with Crippen LogP contribution in [0.25, 0.3) is 10.9 Å². The van der Waals surface area contributed by atoms with Gasteiger partial charge in [0, 0.05) is 18.0 Å². The van der Waals surface area contributed by atoms with Crippen LogP contribution in [0.5, 0.6) is 5.75 Å². The van der Waals surface area contributed by atoms with E-state index in [1.54, 1.807) is 10.9 Å². The number of nitrogens with two attached hydrogens (primary N) is 1. The standard InChI is InChI=1S/C28H30ClN3O3.ClH/c1-19-16-22(10-13-26(19)35-17-21-8-11-23(29)12-9-21)27(33)20(2)30-14-5-15-32-18-31-25-7-4-3-6-24(25)28(32)34;/h3-4,6-13,16,18,20,27,30,33H,5,14-15,17H2,1-2H3;1H. The molecule has 0 aliphatic carbocycles. The van der Waals surface area contributed by atoms with E-state index in [9.17, 15) is 9.90 Å². The molecule has 0 spiro atoms. The molecular formula is C28H31Cl2N3O3. The summed E-state index contributed by atoms with van der Waals surface area (Å²) in [6, 6.07) is 20.8. The molecule has 190 valence electrons. The Labute approximate surface area is 222 Å². The summed E-state index contributed by atoms with van der Waals surface area (Å²) >= 11 is 5.94. The van der Waals surface area contributed by atoms with E-state index in [2.05, 4.69) is 10.3 Å². The van der Waals surface area contributed by atoms with Crippen LogP contribution in [0.15, 0.2) is 77.9 Å². The molecular weight excluding hydrogens is 497 g/mol. The number of aliphatic hydroxyl groups excluding tert-OH is 1. The van der Waals surface area contributed by atoms with Gasteiger partial charge in [-0.05, 0) is 66.9 Å². The first-order valence-corrected chi connectivity index (χ1v) is 12.2. The van der Waals surface area contributed by atoms with Gasteiger partial charge >= 0.3 is 0 Å². The van der Waals surface area contributed by atoms with Crippen molar-refractivity contribution in [3.8, 4) is 5.75 Å². The number of benzene rings is 3. The Morgan fingerprint density at radius 1 is 1.11 bits per heavy atom. The van der Waals surface area contributed by atoms with Crippen LogP contribution in [0.2, 0.25) is 5.02 Å². The zero-order valence-electron chi connectivity index (χ0n) is 20.4. The van der Waals surface area contributed by atoms with Crippen molar-refractivity contribution in [1.82, 2.24) is 9.55 Å². The van der Waals surface area contributed by atoms with E-state index in [1.165, 1.54) is 0 Å². The number of hydrogen-bond donors (Lipinski definition) is 2. The molecule has 0 bridgehead atoms. The Morgan fingerprint density at radius 3 is 2.61 bits per heavy atom. The molecule has 1 heterocycles. The van der Waals surface area contributed by atoms with E-state index in [0.29, 0.717) is 29.1 Å². The zero-order valence-corrected chi connectivity index (χ0v) is 21.9. The summed E-state index contributed by atoms with van der Waals surface area (Å²) in [5.41, 5.74) is 3.58. The molecule has 0 fully saturated rings. The normalized spacial score (nSPS) is 12.7. The number of ether oxygens (including phenoxy) is 1. The Morgan fingerprint density at radius 2 is 1.86 bits per heavy atom. The van der Waals surface area contributed by atoms with Crippen molar-refractivity contribution in [2.45, 2.75) is 45.6 Å². The van der Waals surface area contributed by atoms with Crippen molar-refractivity contribution in [1.29, 1.82) is 0 Å². The third-order valence-electron chi connectivity index (χ3n) is 6.22. The number of fused-ring (bicyclic) bond motifs is 1. The number of aliphatic hydroxyl groups is 1. The van der Waals surface area contributed by atoms with Crippen LogP contribution in [0.4, 0.5) is 0 Å². The summed E-state index contributed by atoms with van der Waals surface area (Å²) in [6.45, 7) is 5.83. The molecule has 3 N–H and O–H groups in total. The van der Waals surface area contributed by atoms with E-state index in [4.69, 9.17) is 16.3 Å². The van der Waals surface area contributed by atoms with Crippen LogP contribution < -0.4 is 28.0 Å². The topological polar surface area (TPSA) is 81.0 Å². The summed E-state index contributed by atoms with van der Waals surface area (Å²) < 4.78 is 7.61. The van der Waals surface area contributed by atoms with Gasteiger partial charge in [-0.1, -0.05) is 41.9 Å². The van der Waals surface area contributed by atoms with Gasteiger partial charge < -0.3 is 27.6 Å². The largest absolute Gasteiger partial charge is 1.00 e. The number of quaternary nitrogens is 1. The van der Waals surface area contributed by atoms with E-state index in [-0.39, 0.29) is 24.0 Å². The zero-order chi connectivity index (χ0) is 24.8. The van der Waals surface area contributed by atoms with Crippen molar-refractivity contribution in [2.24, 2.45) is 0 Å². The van der Waals surface area contributed by atoms with Gasteiger partial charge in [0.05, 0.1) is 23.8 Å². The maximum atomic E-state index is 12.6. The first-order chi connectivity index (χ1) is 16.9. The number of rotatable bonds is 10. The predicted octanol–water partition coefficient (Wildman–Crippen LogP) is 1.02. The smallest absolute Gasteiger partial charge is 0.261 e. The third-order valence-corrected chi connectivity index (χ3v) is 6.47. The summed E-state index contributed by atoms with van der Waals surface area (Å²) in [6.07, 6.45) is 1.81. The van der Waals surface area contributed by atoms with Crippen molar-refractivity contribution >= 4 is 22.5 Å². The highest BCUT2D eigenvalue weighted by Gasteiger charge is 2.20. The predicted molar refractivity (Wildman–Crippen MR) is 139 cm³/mol. The lowest BCUT2D eigenvalue weighted by Gasteiger charge is -2.19. The van der Waals surface area contributed by atoms with E-state index in [0.717, 1.165) is 35.4 Å². The Bertz CT molecular complexity index is 1340. The van der Waals surface area contributed by atoms with Crippen LogP contribution in [-0.2, 0) is 13.2 Å². The average Bonchev–Trinajstić information content (AvgIpc) is 2.87. The maximum absolute atomic E-state index is 12.6. The van der Waals surface area contributed by atoms with Gasteiger partial charge in [-0.25, -0.2) is 4.98 Å². The van der Waals surface area contributed by atoms with Gasteiger partial charge in [-0.3, -0.25) is 9.36 Å². The van der Waals surface area contributed by atoms with Crippen molar-refractivity contribution < 1.29 is 27.6 Å². The molecule has 8 heteroatoms. The highest BCUT2D eigenvalue weighted by atomic mass is 35.5. The molecule has 4 rings (SSSR count). The average molecular weight is 528 g/mol. The van der Waals surface area contributed by atoms with Gasteiger partial charge in [0.15, 0.2) is 0 Å². The second-order valence-corrected chi connectivity index (χ2v) is 9.32. The molecule has 6 nitrogen and oxygen atoms in total. The Hall–Kier alpha value is -2.90. The molecule has 0 radical (unpaired) electrons. The minimum absolute atomic E-state index is 0. The summed E-state index contributed by atoms with van der Waals surface area (Å²) in [4.78, 5) is 17.0. The highest BCUT2D eigenvalue weighted by Crippen LogP contribution is 2.25. The molecule has 3 aromatic carbocycles. The SMILES string of the molecule is Cc1cc(C(O)C(C)[NH2+]CCCn2cnc3ccccc3c2=O)ccc1OCc1ccc(Cl)cc1.[Cl-]. The fraction of sp³-hybridized carbons (Fsp3) is 0.286. The molecule has 4 aromatic rings. The van der Waals surface area contributed by atoms with Crippen LogP contribution in [0, 0.1) is 6.92 Å². The van der Waals surface area contributed by atoms with Gasteiger partial charge in [-0.2, -0.15) is 0 Å². The molecule has 2 unspecified atom stereocenters. The summed E-state index contributed by atoms with van der Waals surface area (Å²) in [5, 5.41) is 14.3. The minimum atomic E-state index is -0.607. The number of hydrogen-bond acceptors (Lipinski definition) is 4. The number of para-hydroxylation sites is 1. The van der Waals surface area contributed by atoms with Crippen LogP contribution >= 0.6 is 11.6 Å². The molecule has 0 saturated heterocycles. The third kappa shape index (κ3) is 6.86. The second-order valence-electron chi connectivity index (χ2n) is 8.88. The first kappa shape index (κ1) is 27.7. The van der Waals surface area contributed by atoms with Gasteiger partial charge in [0.25, 0.3) is 5.56 Å². The lowest BCUT2D eigenvalue weighted by atomic mass is 10.0. The molecule has 0 aliphatic rings. The summed E-state index contributed by atoms with van der Waals surface area (Å²) in [5.74, 6) is 0.793. The van der Waals surface area contributed by atoms with E-state index < -0.39 is 6.10 Å². The maximum Gasteiger partial charge on any atom is 0.261 e. The van der Waals surface area contributed by atoms with E-state index >= 15 is 0 Å².